The minimum absolute atomic E-state index is 0.0837. The third kappa shape index (κ3) is 4.26. The number of nitrogens with one attached hydrogen (secondary N) is 2. The maximum atomic E-state index is 12.2. The number of likely N-dealkylation sites (N-methyl/N-ethyl adjacent to an activating group) is 1. The van der Waals surface area contributed by atoms with Gasteiger partial charge in [0.15, 0.2) is 6.29 Å². The summed E-state index contributed by atoms with van der Waals surface area (Å²) in [6.07, 6.45) is 2.11. The highest BCUT2D eigenvalue weighted by Crippen LogP contribution is 2.12. The molecule has 1 aliphatic heterocycles. The van der Waals surface area contributed by atoms with Gasteiger partial charge in [0.2, 0.25) is 17.7 Å². The molecule has 2 N–H and O–H groups in total. The SMILES string of the molecule is CN(C(=O)/C=C(\C=O)Nc1ccccc1)C1CCC(=O)NC1=O. The Bertz CT molecular complexity index is 655. The number of amides is 3. The van der Waals surface area contributed by atoms with Gasteiger partial charge in [-0.05, 0) is 18.6 Å². The van der Waals surface area contributed by atoms with Crippen molar-refractivity contribution in [2.45, 2.75) is 18.9 Å². The lowest BCUT2D eigenvalue weighted by molar-refractivity contribution is -0.142. The van der Waals surface area contributed by atoms with Crippen LogP contribution >= 0.6 is 0 Å². The summed E-state index contributed by atoms with van der Waals surface area (Å²) in [7, 11) is 1.46. The first-order chi connectivity index (χ1) is 11.0. The number of carbonyl (C=O) groups is 4. The first kappa shape index (κ1) is 16.4. The lowest BCUT2D eigenvalue weighted by atomic mass is 10.0. The molecule has 1 aromatic carbocycles. The Morgan fingerprint density at radius 3 is 2.61 bits per heavy atom. The fourth-order valence-corrected chi connectivity index (χ4v) is 2.23. The zero-order chi connectivity index (χ0) is 16.8. The Morgan fingerprint density at radius 2 is 2.00 bits per heavy atom. The number of hydrogen-bond acceptors (Lipinski definition) is 5. The summed E-state index contributed by atoms with van der Waals surface area (Å²) in [6, 6.07) is 8.21. The molecule has 0 saturated carbocycles. The topological polar surface area (TPSA) is 95.6 Å². The molecule has 0 radical (unpaired) electrons. The summed E-state index contributed by atoms with van der Waals surface area (Å²) in [5.74, 6) is -1.35. The van der Waals surface area contributed by atoms with Crippen molar-refractivity contribution in [3.63, 3.8) is 0 Å². The van der Waals surface area contributed by atoms with Crippen LogP contribution in [-0.4, -0.2) is 42.0 Å². The third-order valence-electron chi connectivity index (χ3n) is 3.49. The smallest absolute Gasteiger partial charge is 0.249 e. The standard InChI is InChI=1S/C16H17N3O4/c1-19(13-7-8-14(21)18-16(13)23)15(22)9-12(10-20)17-11-5-3-2-4-6-11/h2-6,9-10,13,17H,7-8H2,1H3,(H,18,21,23)/b12-9+. The molecule has 120 valence electrons. The minimum atomic E-state index is -0.721. The number of nitrogens with zero attached hydrogens (tertiary/aromatic N) is 1. The number of para-hydroxylation sites is 1. The van der Waals surface area contributed by atoms with Gasteiger partial charge in [-0.1, -0.05) is 18.2 Å². The van der Waals surface area contributed by atoms with E-state index in [4.69, 9.17) is 0 Å². The van der Waals surface area contributed by atoms with Gasteiger partial charge >= 0.3 is 0 Å². The number of rotatable bonds is 5. The number of benzene rings is 1. The lowest BCUT2D eigenvalue weighted by Gasteiger charge is -2.29. The van der Waals surface area contributed by atoms with Gasteiger partial charge in [0, 0.05) is 25.2 Å². The van der Waals surface area contributed by atoms with Crippen LogP contribution in [-0.2, 0) is 19.2 Å². The fraction of sp³-hybridized carbons (Fsp3) is 0.250. The second-order valence-corrected chi connectivity index (χ2v) is 5.12. The van der Waals surface area contributed by atoms with E-state index in [0.29, 0.717) is 12.0 Å². The zero-order valence-corrected chi connectivity index (χ0v) is 12.6. The Hall–Kier alpha value is -2.96. The van der Waals surface area contributed by atoms with E-state index in [1.807, 2.05) is 6.07 Å². The maximum Gasteiger partial charge on any atom is 0.249 e. The maximum absolute atomic E-state index is 12.2. The molecule has 0 aliphatic carbocycles. The van der Waals surface area contributed by atoms with Crippen LogP contribution in [0.25, 0.3) is 0 Å². The lowest BCUT2D eigenvalue weighted by Crippen LogP contribution is -2.52. The molecule has 1 unspecified atom stereocenters. The number of carbonyl (C=O) groups excluding carboxylic acids is 4. The van der Waals surface area contributed by atoms with Crippen LogP contribution in [0.3, 0.4) is 0 Å². The summed E-state index contributed by atoms with van der Waals surface area (Å²) >= 11 is 0. The van der Waals surface area contributed by atoms with Crippen molar-refractivity contribution in [2.24, 2.45) is 0 Å². The molecule has 0 spiro atoms. The van der Waals surface area contributed by atoms with Crippen LogP contribution in [0, 0.1) is 0 Å². The van der Waals surface area contributed by atoms with Crippen molar-refractivity contribution in [2.75, 3.05) is 12.4 Å². The highest BCUT2D eigenvalue weighted by molar-refractivity contribution is 6.03. The first-order valence-electron chi connectivity index (χ1n) is 7.10. The average Bonchev–Trinajstić information content (AvgIpc) is 2.54. The quantitative estimate of drug-likeness (QED) is 0.467. The predicted octanol–water partition coefficient (Wildman–Crippen LogP) is 0.445. The first-order valence-corrected chi connectivity index (χ1v) is 7.10. The van der Waals surface area contributed by atoms with Gasteiger partial charge in [-0.2, -0.15) is 0 Å². The molecule has 1 aliphatic rings. The van der Waals surface area contributed by atoms with E-state index < -0.39 is 17.9 Å². The minimum Gasteiger partial charge on any atom is -0.353 e. The van der Waals surface area contributed by atoms with Gasteiger partial charge < -0.3 is 10.2 Å². The van der Waals surface area contributed by atoms with E-state index in [1.165, 1.54) is 11.9 Å². The normalized spacial score (nSPS) is 18.1. The van der Waals surface area contributed by atoms with Gasteiger partial charge in [-0.25, -0.2) is 0 Å². The predicted molar refractivity (Wildman–Crippen MR) is 83.2 cm³/mol. The molecule has 7 heteroatoms. The van der Waals surface area contributed by atoms with Gasteiger partial charge in [0.05, 0.1) is 5.70 Å². The Kier molecular flexibility index (Phi) is 5.24. The Morgan fingerprint density at radius 1 is 1.30 bits per heavy atom. The van der Waals surface area contributed by atoms with E-state index in [0.717, 1.165) is 6.08 Å². The van der Waals surface area contributed by atoms with E-state index in [1.54, 1.807) is 24.3 Å². The van der Waals surface area contributed by atoms with Crippen LogP contribution in [0.5, 0.6) is 0 Å². The van der Waals surface area contributed by atoms with Crippen LogP contribution in [0.1, 0.15) is 12.8 Å². The second-order valence-electron chi connectivity index (χ2n) is 5.12. The molecule has 1 fully saturated rings. The van der Waals surface area contributed by atoms with Crippen molar-refractivity contribution >= 4 is 29.7 Å². The van der Waals surface area contributed by atoms with Gasteiger partial charge in [-0.15, -0.1) is 0 Å². The molecule has 1 heterocycles. The number of anilines is 1. The zero-order valence-electron chi connectivity index (χ0n) is 12.6. The summed E-state index contributed by atoms with van der Waals surface area (Å²) in [5.41, 5.74) is 0.752. The number of hydrogen-bond donors (Lipinski definition) is 2. The van der Waals surface area contributed by atoms with Crippen molar-refractivity contribution in [1.82, 2.24) is 10.2 Å². The van der Waals surface area contributed by atoms with Crippen LogP contribution in [0.4, 0.5) is 5.69 Å². The molecule has 23 heavy (non-hydrogen) atoms. The average molecular weight is 315 g/mol. The van der Waals surface area contributed by atoms with E-state index >= 15 is 0 Å². The van der Waals surface area contributed by atoms with Crippen molar-refractivity contribution in [3.05, 3.63) is 42.1 Å². The van der Waals surface area contributed by atoms with Crippen molar-refractivity contribution in [1.29, 1.82) is 0 Å². The second kappa shape index (κ2) is 7.35. The van der Waals surface area contributed by atoms with Crippen molar-refractivity contribution in [3.8, 4) is 0 Å². The van der Waals surface area contributed by atoms with Gasteiger partial charge in [0.1, 0.15) is 6.04 Å². The molecular formula is C16H17N3O4. The molecule has 7 nitrogen and oxygen atoms in total. The van der Waals surface area contributed by atoms with E-state index in [-0.39, 0.29) is 24.4 Å². The number of imide groups is 1. The Labute approximate surface area is 133 Å². The highest BCUT2D eigenvalue weighted by Gasteiger charge is 2.31. The molecule has 0 aromatic heterocycles. The van der Waals surface area contributed by atoms with E-state index in [9.17, 15) is 19.2 Å². The number of aldehydes is 1. The summed E-state index contributed by atoms with van der Waals surface area (Å²) < 4.78 is 0. The van der Waals surface area contributed by atoms with Crippen LogP contribution in [0.2, 0.25) is 0 Å². The Balaban J connectivity index is 2.07. The van der Waals surface area contributed by atoms with Gasteiger partial charge in [0.25, 0.3) is 0 Å². The van der Waals surface area contributed by atoms with E-state index in [2.05, 4.69) is 10.6 Å². The number of piperidine rings is 1. The molecule has 0 bridgehead atoms. The molecular weight excluding hydrogens is 298 g/mol. The molecule has 1 atom stereocenters. The summed E-state index contributed by atoms with van der Waals surface area (Å²) in [6.45, 7) is 0. The molecule has 2 rings (SSSR count). The molecule has 1 aromatic rings. The largest absolute Gasteiger partial charge is 0.353 e. The highest BCUT2D eigenvalue weighted by atomic mass is 16.2. The molecule has 3 amide bonds. The number of allylic oxidation sites excluding steroid dienone is 1. The van der Waals surface area contributed by atoms with Gasteiger partial charge in [-0.3, -0.25) is 24.5 Å². The molecule has 1 saturated heterocycles. The van der Waals surface area contributed by atoms with Crippen LogP contribution in [0.15, 0.2) is 42.1 Å². The summed E-state index contributed by atoms with van der Waals surface area (Å²) in [5, 5.41) is 5.02. The van der Waals surface area contributed by atoms with Crippen LogP contribution < -0.4 is 10.6 Å². The van der Waals surface area contributed by atoms with Crippen molar-refractivity contribution < 1.29 is 19.2 Å². The summed E-state index contributed by atoms with van der Waals surface area (Å²) in [4.78, 5) is 47.5. The third-order valence-corrected chi connectivity index (χ3v) is 3.49. The monoisotopic (exact) mass is 315 g/mol. The fourth-order valence-electron chi connectivity index (χ4n) is 2.23.